The van der Waals surface area contributed by atoms with Crippen molar-refractivity contribution >= 4 is 22.6 Å². The molecular weight excluding hydrogens is 308 g/mol. The predicted molar refractivity (Wildman–Crippen MR) is 93.8 cm³/mol. The van der Waals surface area contributed by atoms with E-state index in [1.165, 1.54) is 0 Å². The lowest BCUT2D eigenvalue weighted by atomic mass is 9.93. The van der Waals surface area contributed by atoms with E-state index >= 15 is 0 Å². The van der Waals surface area contributed by atoms with Crippen LogP contribution >= 0.6 is 11.3 Å². The maximum absolute atomic E-state index is 11.8. The Morgan fingerprint density at radius 2 is 2.04 bits per heavy atom. The Balaban J connectivity index is 2.28. The van der Waals surface area contributed by atoms with E-state index in [1.807, 2.05) is 35.6 Å². The highest BCUT2D eigenvalue weighted by Gasteiger charge is 2.25. The highest BCUT2D eigenvalue weighted by molar-refractivity contribution is 7.15. The molecule has 0 aliphatic heterocycles. The van der Waals surface area contributed by atoms with Crippen molar-refractivity contribution < 1.29 is 9.53 Å². The fraction of sp³-hybridized carbons (Fsp3) is 0.333. The predicted octanol–water partition coefficient (Wildman–Crippen LogP) is 4.57. The summed E-state index contributed by atoms with van der Waals surface area (Å²) in [7, 11) is 0. The highest BCUT2D eigenvalue weighted by Crippen LogP contribution is 2.36. The fourth-order valence-electron chi connectivity index (χ4n) is 2.65. The third kappa shape index (κ3) is 2.65. The molecule has 0 saturated heterocycles. The second-order valence-corrected chi connectivity index (χ2v) is 7.22. The van der Waals surface area contributed by atoms with Crippen LogP contribution in [0.3, 0.4) is 0 Å². The Morgan fingerprint density at radius 1 is 1.30 bits per heavy atom. The van der Waals surface area contributed by atoms with Crippen LogP contribution in [-0.2, 0) is 5.41 Å². The third-order valence-corrected chi connectivity index (χ3v) is 4.55. The molecular formula is C18H20N2O2S. The molecule has 0 aliphatic rings. The number of thiazole rings is 1. The van der Waals surface area contributed by atoms with Crippen molar-refractivity contribution in [3.63, 3.8) is 0 Å². The number of hydrogen-bond donors (Lipinski definition) is 0. The number of rotatable bonds is 4. The van der Waals surface area contributed by atoms with Crippen LogP contribution in [0.1, 0.15) is 43.9 Å². The van der Waals surface area contributed by atoms with E-state index in [9.17, 15) is 4.79 Å². The van der Waals surface area contributed by atoms with Crippen LogP contribution in [0.5, 0.6) is 5.75 Å². The molecule has 3 rings (SSSR count). The smallest absolute Gasteiger partial charge is 0.195 e. The number of aldehydes is 1. The van der Waals surface area contributed by atoms with Gasteiger partial charge in [-0.15, -0.1) is 11.3 Å². The molecule has 4 nitrogen and oxygen atoms in total. The van der Waals surface area contributed by atoms with E-state index in [1.54, 1.807) is 11.3 Å². The minimum atomic E-state index is -0.0621. The Labute approximate surface area is 139 Å². The number of imidazole rings is 1. The van der Waals surface area contributed by atoms with Gasteiger partial charge in [0.15, 0.2) is 11.2 Å². The highest BCUT2D eigenvalue weighted by atomic mass is 32.1. The first kappa shape index (κ1) is 15.7. The van der Waals surface area contributed by atoms with Crippen LogP contribution in [0.2, 0.25) is 0 Å². The average molecular weight is 328 g/mol. The number of carbonyl (C=O) groups is 1. The third-order valence-electron chi connectivity index (χ3n) is 3.72. The van der Waals surface area contributed by atoms with E-state index in [0.717, 1.165) is 28.3 Å². The number of nitrogens with zero attached hydrogens (tertiary/aromatic N) is 2. The number of aromatic nitrogens is 2. The van der Waals surface area contributed by atoms with E-state index in [2.05, 4.69) is 26.2 Å². The van der Waals surface area contributed by atoms with Crippen LogP contribution in [-0.4, -0.2) is 22.3 Å². The van der Waals surface area contributed by atoms with Crippen molar-refractivity contribution in [2.75, 3.05) is 6.61 Å². The molecule has 2 aromatic heterocycles. The van der Waals surface area contributed by atoms with Crippen molar-refractivity contribution in [3.05, 3.63) is 41.0 Å². The Morgan fingerprint density at radius 3 is 2.70 bits per heavy atom. The van der Waals surface area contributed by atoms with E-state index in [4.69, 9.17) is 9.72 Å². The van der Waals surface area contributed by atoms with Gasteiger partial charge < -0.3 is 4.74 Å². The summed E-state index contributed by atoms with van der Waals surface area (Å²) >= 11 is 1.56. The first-order valence-electron chi connectivity index (χ1n) is 7.65. The van der Waals surface area contributed by atoms with Gasteiger partial charge in [0.2, 0.25) is 0 Å². The summed E-state index contributed by atoms with van der Waals surface area (Å²) in [5, 5.41) is 2.08. The molecule has 3 aromatic rings. The van der Waals surface area contributed by atoms with Gasteiger partial charge in [-0.3, -0.25) is 9.20 Å². The summed E-state index contributed by atoms with van der Waals surface area (Å²) in [5.74, 6) is 0.751. The molecule has 0 spiro atoms. The van der Waals surface area contributed by atoms with Gasteiger partial charge in [-0.05, 0) is 19.1 Å². The van der Waals surface area contributed by atoms with Crippen molar-refractivity contribution in [3.8, 4) is 17.0 Å². The Hall–Kier alpha value is -2.14. The number of hydrogen-bond acceptors (Lipinski definition) is 4. The monoisotopic (exact) mass is 328 g/mol. The van der Waals surface area contributed by atoms with Crippen LogP contribution in [0.4, 0.5) is 0 Å². The van der Waals surface area contributed by atoms with Crippen molar-refractivity contribution in [2.24, 2.45) is 0 Å². The van der Waals surface area contributed by atoms with Gasteiger partial charge in [0.25, 0.3) is 0 Å². The molecule has 0 N–H and O–H groups in total. The lowest BCUT2D eigenvalue weighted by Crippen LogP contribution is -2.15. The largest absolute Gasteiger partial charge is 0.493 e. The molecule has 0 atom stereocenters. The second-order valence-electron chi connectivity index (χ2n) is 6.38. The number of para-hydroxylation sites is 1. The summed E-state index contributed by atoms with van der Waals surface area (Å²) in [4.78, 5) is 17.4. The van der Waals surface area contributed by atoms with Gasteiger partial charge in [-0.25, -0.2) is 4.98 Å². The number of fused-ring (bicyclic) bond motifs is 1. The zero-order valence-electron chi connectivity index (χ0n) is 13.8. The topological polar surface area (TPSA) is 43.6 Å². The van der Waals surface area contributed by atoms with E-state index in [-0.39, 0.29) is 5.41 Å². The zero-order valence-corrected chi connectivity index (χ0v) is 14.6. The fourth-order valence-corrected chi connectivity index (χ4v) is 3.77. The zero-order chi connectivity index (χ0) is 16.6. The number of ether oxygens (including phenoxy) is 1. The summed E-state index contributed by atoms with van der Waals surface area (Å²) in [6, 6.07) is 7.71. The Kier molecular flexibility index (Phi) is 3.98. The minimum absolute atomic E-state index is 0.0621. The average Bonchev–Trinajstić information content (AvgIpc) is 3.05. The minimum Gasteiger partial charge on any atom is -0.493 e. The SMILES string of the molecule is CCOc1ccccc1-c1nc2scc(C(C)(C)C)n2c1C=O. The second kappa shape index (κ2) is 5.81. The van der Waals surface area contributed by atoms with E-state index < -0.39 is 0 Å². The van der Waals surface area contributed by atoms with Crippen molar-refractivity contribution in [2.45, 2.75) is 33.1 Å². The van der Waals surface area contributed by atoms with Crippen molar-refractivity contribution in [1.29, 1.82) is 0 Å². The molecule has 0 amide bonds. The van der Waals surface area contributed by atoms with Gasteiger partial charge in [-0.1, -0.05) is 32.9 Å². The number of benzene rings is 1. The number of carbonyl (C=O) groups excluding carboxylic acids is 1. The maximum atomic E-state index is 11.8. The normalized spacial score (nSPS) is 11.8. The standard InChI is InChI=1S/C18H20N2O2S/c1-5-22-14-9-7-6-8-12(14)16-13(10-21)20-15(18(2,3)4)11-23-17(20)19-16/h6-11H,5H2,1-4H3. The van der Waals surface area contributed by atoms with Gasteiger partial charge in [0.05, 0.1) is 6.61 Å². The first-order valence-corrected chi connectivity index (χ1v) is 8.53. The van der Waals surface area contributed by atoms with Crippen LogP contribution < -0.4 is 4.74 Å². The molecule has 0 unspecified atom stereocenters. The molecule has 120 valence electrons. The summed E-state index contributed by atoms with van der Waals surface area (Å²) in [5.41, 5.74) is 3.15. The van der Waals surface area contributed by atoms with Crippen LogP contribution in [0.15, 0.2) is 29.6 Å². The summed E-state index contributed by atoms with van der Waals surface area (Å²) < 4.78 is 7.67. The Bertz CT molecular complexity index is 856. The molecule has 23 heavy (non-hydrogen) atoms. The van der Waals surface area contributed by atoms with Crippen LogP contribution in [0, 0.1) is 0 Å². The molecule has 1 aromatic carbocycles. The summed E-state index contributed by atoms with van der Waals surface area (Å²) in [6.07, 6.45) is 0.889. The van der Waals surface area contributed by atoms with Gasteiger partial charge >= 0.3 is 0 Å². The molecule has 0 radical (unpaired) electrons. The first-order chi connectivity index (χ1) is 11.0. The molecule has 2 heterocycles. The molecule has 0 fully saturated rings. The van der Waals surface area contributed by atoms with Gasteiger partial charge in [0.1, 0.15) is 17.1 Å². The van der Waals surface area contributed by atoms with E-state index in [0.29, 0.717) is 18.0 Å². The van der Waals surface area contributed by atoms with Crippen molar-refractivity contribution in [1.82, 2.24) is 9.38 Å². The molecule has 5 heteroatoms. The quantitative estimate of drug-likeness (QED) is 0.659. The van der Waals surface area contributed by atoms with Gasteiger partial charge in [0, 0.05) is 22.1 Å². The lowest BCUT2D eigenvalue weighted by Gasteiger charge is -2.17. The lowest BCUT2D eigenvalue weighted by molar-refractivity contribution is 0.111. The van der Waals surface area contributed by atoms with Gasteiger partial charge in [-0.2, -0.15) is 0 Å². The maximum Gasteiger partial charge on any atom is 0.195 e. The molecule has 0 saturated carbocycles. The summed E-state index contributed by atoms with van der Waals surface area (Å²) in [6.45, 7) is 8.93. The molecule has 0 aliphatic carbocycles. The molecule has 0 bridgehead atoms. The van der Waals surface area contributed by atoms with Crippen LogP contribution in [0.25, 0.3) is 16.2 Å².